The fraction of sp³-hybridized carbons (Fsp3) is 0.222. The first-order chi connectivity index (χ1) is 6.70. The number of carbonyl (C=O) groups excluding carboxylic acids is 1. The lowest BCUT2D eigenvalue weighted by atomic mass is 10.0. The summed E-state index contributed by atoms with van der Waals surface area (Å²) in [6.07, 6.45) is 0. The Bertz CT molecular complexity index is 402. The Balaban J connectivity index is 2.41. The van der Waals surface area contributed by atoms with E-state index in [1.807, 2.05) is 0 Å². The lowest BCUT2D eigenvalue weighted by molar-refractivity contribution is -0.507. The standard InChI is InChI=1S/C9H7NO4/c11-9-6-3-1-2-4-8(6)14-5-7(9)10(12)13/h1-4,7H,5H2. The van der Waals surface area contributed by atoms with E-state index in [1.54, 1.807) is 18.2 Å². The van der Waals surface area contributed by atoms with E-state index in [1.165, 1.54) is 6.07 Å². The summed E-state index contributed by atoms with van der Waals surface area (Å²) in [7, 11) is 0. The second-order valence-corrected chi connectivity index (χ2v) is 2.97. The minimum atomic E-state index is -1.26. The molecule has 1 unspecified atom stereocenters. The van der Waals surface area contributed by atoms with Crippen LogP contribution in [0.3, 0.4) is 0 Å². The summed E-state index contributed by atoms with van der Waals surface area (Å²) in [4.78, 5) is 21.4. The summed E-state index contributed by atoms with van der Waals surface area (Å²) in [5.41, 5.74) is 0.292. The molecule has 14 heavy (non-hydrogen) atoms. The fourth-order valence-corrected chi connectivity index (χ4v) is 1.38. The third-order valence-corrected chi connectivity index (χ3v) is 2.11. The average molecular weight is 193 g/mol. The van der Waals surface area contributed by atoms with Crippen molar-refractivity contribution in [3.05, 3.63) is 39.9 Å². The number of rotatable bonds is 1. The Morgan fingerprint density at radius 1 is 1.43 bits per heavy atom. The number of ketones is 1. The minimum absolute atomic E-state index is 0.178. The molecule has 0 spiro atoms. The number of hydrogen-bond donors (Lipinski definition) is 0. The molecule has 0 bridgehead atoms. The van der Waals surface area contributed by atoms with E-state index in [0.29, 0.717) is 11.3 Å². The van der Waals surface area contributed by atoms with Gasteiger partial charge in [0, 0.05) is 4.92 Å². The van der Waals surface area contributed by atoms with E-state index < -0.39 is 16.7 Å². The van der Waals surface area contributed by atoms with Gasteiger partial charge in [0.1, 0.15) is 5.75 Å². The van der Waals surface area contributed by atoms with Gasteiger partial charge in [-0.3, -0.25) is 14.9 Å². The predicted octanol–water partition coefficient (Wildman–Crippen LogP) is 0.907. The Kier molecular flexibility index (Phi) is 1.92. The lowest BCUT2D eigenvalue weighted by Crippen LogP contribution is -2.39. The van der Waals surface area contributed by atoms with Crippen LogP contribution >= 0.6 is 0 Å². The van der Waals surface area contributed by atoms with Crippen molar-refractivity contribution in [2.75, 3.05) is 6.61 Å². The van der Waals surface area contributed by atoms with Gasteiger partial charge in [0.25, 0.3) is 0 Å². The molecule has 1 heterocycles. The first-order valence-electron chi connectivity index (χ1n) is 4.09. The molecule has 5 heteroatoms. The smallest absolute Gasteiger partial charge is 0.308 e. The number of hydrogen-bond acceptors (Lipinski definition) is 4. The zero-order chi connectivity index (χ0) is 10.1. The first-order valence-corrected chi connectivity index (χ1v) is 4.09. The van der Waals surface area contributed by atoms with Crippen molar-refractivity contribution in [1.82, 2.24) is 0 Å². The van der Waals surface area contributed by atoms with Crippen LogP contribution in [-0.4, -0.2) is 23.4 Å². The van der Waals surface area contributed by atoms with Gasteiger partial charge >= 0.3 is 6.04 Å². The maximum Gasteiger partial charge on any atom is 0.308 e. The molecule has 0 aliphatic carbocycles. The fourth-order valence-electron chi connectivity index (χ4n) is 1.38. The molecule has 5 nitrogen and oxygen atoms in total. The quantitative estimate of drug-likeness (QED) is 0.491. The van der Waals surface area contributed by atoms with Crippen molar-refractivity contribution in [2.24, 2.45) is 0 Å². The van der Waals surface area contributed by atoms with Gasteiger partial charge in [-0.2, -0.15) is 0 Å². The molecule has 0 amide bonds. The third-order valence-electron chi connectivity index (χ3n) is 2.11. The number of nitrogens with zero attached hydrogens (tertiary/aromatic N) is 1. The summed E-state index contributed by atoms with van der Waals surface area (Å²) in [5, 5.41) is 10.5. The molecule has 0 fully saturated rings. The monoisotopic (exact) mass is 193 g/mol. The third kappa shape index (κ3) is 1.22. The van der Waals surface area contributed by atoms with Crippen LogP contribution in [0.5, 0.6) is 5.75 Å². The number of fused-ring (bicyclic) bond motifs is 1. The van der Waals surface area contributed by atoms with Crippen molar-refractivity contribution in [1.29, 1.82) is 0 Å². The molecule has 0 N–H and O–H groups in total. The topological polar surface area (TPSA) is 69.4 Å². The summed E-state index contributed by atoms with van der Waals surface area (Å²) in [6, 6.07) is 5.28. The van der Waals surface area contributed by atoms with E-state index in [-0.39, 0.29) is 6.61 Å². The normalized spacial score (nSPS) is 19.7. The average Bonchev–Trinajstić information content (AvgIpc) is 2.18. The van der Waals surface area contributed by atoms with Crippen molar-refractivity contribution < 1.29 is 14.5 Å². The molecule has 1 aliphatic heterocycles. The number of para-hydroxylation sites is 1. The minimum Gasteiger partial charge on any atom is -0.485 e. The van der Waals surface area contributed by atoms with E-state index >= 15 is 0 Å². The zero-order valence-corrected chi connectivity index (χ0v) is 7.17. The summed E-state index contributed by atoms with van der Waals surface area (Å²) < 4.78 is 5.11. The second-order valence-electron chi connectivity index (χ2n) is 2.97. The number of Topliss-reactive ketones (excluding diaryl/α,β-unsaturated/α-hetero) is 1. The van der Waals surface area contributed by atoms with Crippen LogP contribution in [0, 0.1) is 10.1 Å². The lowest BCUT2D eigenvalue weighted by Gasteiger charge is -2.18. The van der Waals surface area contributed by atoms with Crippen molar-refractivity contribution in [2.45, 2.75) is 6.04 Å². The van der Waals surface area contributed by atoms with E-state index in [9.17, 15) is 14.9 Å². The van der Waals surface area contributed by atoms with Gasteiger partial charge in [-0.05, 0) is 12.1 Å². The highest BCUT2D eigenvalue weighted by molar-refractivity contribution is 6.02. The molecule has 0 saturated carbocycles. The summed E-state index contributed by atoms with van der Waals surface area (Å²) >= 11 is 0. The van der Waals surface area contributed by atoms with Gasteiger partial charge in [0.05, 0.1) is 5.56 Å². The van der Waals surface area contributed by atoms with Crippen LogP contribution in [0.4, 0.5) is 0 Å². The Labute approximate surface area is 79.4 Å². The van der Waals surface area contributed by atoms with Crippen LogP contribution in [-0.2, 0) is 0 Å². The SMILES string of the molecule is O=C1c2ccccc2OCC1[N+](=O)[O-]. The van der Waals surface area contributed by atoms with Crippen molar-refractivity contribution in [3.8, 4) is 5.75 Å². The predicted molar refractivity (Wildman–Crippen MR) is 47.0 cm³/mol. The highest BCUT2D eigenvalue weighted by atomic mass is 16.6. The van der Waals surface area contributed by atoms with E-state index in [0.717, 1.165) is 0 Å². The Hall–Kier alpha value is -1.91. The number of benzene rings is 1. The highest BCUT2D eigenvalue weighted by Crippen LogP contribution is 2.24. The molecule has 0 saturated heterocycles. The van der Waals surface area contributed by atoms with Crippen molar-refractivity contribution in [3.63, 3.8) is 0 Å². The van der Waals surface area contributed by atoms with Crippen LogP contribution in [0.25, 0.3) is 0 Å². The molecule has 1 aromatic rings. The number of ether oxygens (including phenoxy) is 1. The van der Waals surface area contributed by atoms with Crippen LogP contribution in [0.15, 0.2) is 24.3 Å². The Morgan fingerprint density at radius 3 is 2.86 bits per heavy atom. The van der Waals surface area contributed by atoms with E-state index in [4.69, 9.17) is 4.74 Å². The molecule has 0 aromatic heterocycles. The van der Waals surface area contributed by atoms with Gasteiger partial charge in [-0.1, -0.05) is 12.1 Å². The molecule has 1 atom stereocenters. The summed E-state index contributed by atoms with van der Waals surface area (Å²) in [5.74, 6) is -0.0487. The number of nitro groups is 1. The van der Waals surface area contributed by atoms with Crippen LogP contribution in [0.1, 0.15) is 10.4 Å². The maximum absolute atomic E-state index is 11.5. The highest BCUT2D eigenvalue weighted by Gasteiger charge is 2.37. The molecular weight excluding hydrogens is 186 g/mol. The van der Waals surface area contributed by atoms with Gasteiger partial charge in [0.2, 0.25) is 5.78 Å². The zero-order valence-electron chi connectivity index (χ0n) is 7.17. The van der Waals surface area contributed by atoms with Gasteiger partial charge in [-0.25, -0.2) is 0 Å². The number of carbonyl (C=O) groups is 1. The molecule has 1 aromatic carbocycles. The molecule has 72 valence electrons. The Morgan fingerprint density at radius 2 is 2.14 bits per heavy atom. The van der Waals surface area contributed by atoms with Gasteiger partial charge in [-0.15, -0.1) is 0 Å². The van der Waals surface area contributed by atoms with Gasteiger partial charge in [0.15, 0.2) is 6.61 Å². The first kappa shape index (κ1) is 8.68. The van der Waals surface area contributed by atoms with Crippen LogP contribution < -0.4 is 4.74 Å². The van der Waals surface area contributed by atoms with E-state index in [2.05, 4.69) is 0 Å². The molecular formula is C9H7NO4. The second kappa shape index (κ2) is 3.10. The van der Waals surface area contributed by atoms with Crippen LogP contribution in [0.2, 0.25) is 0 Å². The maximum atomic E-state index is 11.5. The van der Waals surface area contributed by atoms with Gasteiger partial charge < -0.3 is 4.74 Å². The largest absolute Gasteiger partial charge is 0.485 e. The molecule has 1 aliphatic rings. The van der Waals surface area contributed by atoms with Crippen molar-refractivity contribution >= 4 is 5.78 Å². The molecule has 0 radical (unpaired) electrons. The summed E-state index contributed by atoms with van der Waals surface area (Å²) in [6.45, 7) is -0.178. The molecule has 2 rings (SSSR count).